The highest BCUT2D eigenvalue weighted by Crippen LogP contribution is 2.41. The van der Waals surface area contributed by atoms with Gasteiger partial charge in [0.25, 0.3) is 0 Å². The molecule has 1 saturated heterocycles. The zero-order chi connectivity index (χ0) is 15.0. The molecule has 0 radical (unpaired) electrons. The molecular formula is C16H20N2O3. The number of benzene rings is 1. The first-order chi connectivity index (χ1) is 9.99. The maximum Gasteiger partial charge on any atom is 0.248 e. The monoisotopic (exact) mass is 288 g/mol. The summed E-state index contributed by atoms with van der Waals surface area (Å²) in [6, 6.07) is 6.83. The van der Waals surface area contributed by atoms with Gasteiger partial charge in [-0.3, -0.25) is 9.59 Å². The van der Waals surface area contributed by atoms with Gasteiger partial charge in [-0.15, -0.1) is 0 Å². The third-order valence-corrected chi connectivity index (χ3v) is 4.44. The minimum Gasteiger partial charge on any atom is -0.508 e. The topological polar surface area (TPSA) is 69.6 Å². The summed E-state index contributed by atoms with van der Waals surface area (Å²) in [5.41, 5.74) is 0.193. The van der Waals surface area contributed by atoms with Gasteiger partial charge in [-0.05, 0) is 43.4 Å². The molecule has 1 saturated carbocycles. The van der Waals surface area contributed by atoms with Crippen molar-refractivity contribution in [3.05, 3.63) is 29.8 Å². The molecule has 1 aromatic rings. The maximum atomic E-state index is 12.8. The molecule has 5 nitrogen and oxygen atoms in total. The SMILES string of the molecule is CC1(C2CC2)NC(=O)CCN(Cc2ccc(O)cc2)C1=O. The number of hydrogen-bond donors (Lipinski definition) is 2. The summed E-state index contributed by atoms with van der Waals surface area (Å²) in [5, 5.41) is 12.2. The zero-order valence-electron chi connectivity index (χ0n) is 12.1. The van der Waals surface area contributed by atoms with Gasteiger partial charge in [-0.25, -0.2) is 0 Å². The van der Waals surface area contributed by atoms with E-state index >= 15 is 0 Å². The van der Waals surface area contributed by atoms with E-state index in [-0.39, 0.29) is 23.5 Å². The minimum absolute atomic E-state index is 0.00363. The summed E-state index contributed by atoms with van der Waals surface area (Å²) >= 11 is 0. The number of nitrogens with zero attached hydrogens (tertiary/aromatic N) is 1. The van der Waals surface area contributed by atoms with Gasteiger partial charge < -0.3 is 15.3 Å². The Labute approximate surface area is 123 Å². The highest BCUT2D eigenvalue weighted by molar-refractivity contribution is 5.93. The summed E-state index contributed by atoms with van der Waals surface area (Å²) < 4.78 is 0. The van der Waals surface area contributed by atoms with Crippen LogP contribution >= 0.6 is 0 Å². The van der Waals surface area contributed by atoms with Crippen LogP contribution in [-0.4, -0.2) is 33.9 Å². The van der Waals surface area contributed by atoms with Gasteiger partial charge in [0.15, 0.2) is 0 Å². The van der Waals surface area contributed by atoms with Gasteiger partial charge >= 0.3 is 0 Å². The average molecular weight is 288 g/mol. The van der Waals surface area contributed by atoms with Crippen molar-refractivity contribution in [2.45, 2.75) is 38.3 Å². The second-order valence-electron chi connectivity index (χ2n) is 6.17. The molecule has 5 heteroatoms. The molecule has 1 unspecified atom stereocenters. The lowest BCUT2D eigenvalue weighted by molar-refractivity contribution is -0.139. The van der Waals surface area contributed by atoms with Crippen LogP contribution in [0.4, 0.5) is 0 Å². The van der Waals surface area contributed by atoms with E-state index in [0.29, 0.717) is 19.5 Å². The van der Waals surface area contributed by atoms with E-state index in [1.165, 1.54) is 0 Å². The van der Waals surface area contributed by atoms with Crippen molar-refractivity contribution in [3.63, 3.8) is 0 Å². The Morgan fingerprint density at radius 3 is 2.57 bits per heavy atom. The van der Waals surface area contributed by atoms with Crippen molar-refractivity contribution >= 4 is 11.8 Å². The van der Waals surface area contributed by atoms with Crippen LogP contribution in [0.3, 0.4) is 0 Å². The van der Waals surface area contributed by atoms with Gasteiger partial charge in [-0.2, -0.15) is 0 Å². The Kier molecular flexibility index (Phi) is 3.35. The molecular weight excluding hydrogens is 268 g/mol. The normalized spacial score (nSPS) is 26.4. The first kappa shape index (κ1) is 13.9. The fourth-order valence-corrected chi connectivity index (χ4v) is 2.98. The number of nitrogens with one attached hydrogen (secondary N) is 1. The number of hydrogen-bond acceptors (Lipinski definition) is 3. The van der Waals surface area contributed by atoms with E-state index < -0.39 is 5.54 Å². The lowest BCUT2D eigenvalue weighted by Crippen LogP contribution is -2.56. The second-order valence-corrected chi connectivity index (χ2v) is 6.17. The molecule has 0 aromatic heterocycles. The predicted molar refractivity (Wildman–Crippen MR) is 77.4 cm³/mol. The summed E-state index contributed by atoms with van der Waals surface area (Å²) in [4.78, 5) is 26.5. The van der Waals surface area contributed by atoms with E-state index in [0.717, 1.165) is 18.4 Å². The van der Waals surface area contributed by atoms with Gasteiger partial charge in [0, 0.05) is 19.5 Å². The lowest BCUT2D eigenvalue weighted by atomic mass is 9.94. The number of carbonyl (C=O) groups excluding carboxylic acids is 2. The van der Waals surface area contributed by atoms with Gasteiger partial charge in [-0.1, -0.05) is 12.1 Å². The molecule has 0 bridgehead atoms. The number of phenolic OH excluding ortho intramolecular Hbond substituents is 1. The van der Waals surface area contributed by atoms with E-state index in [9.17, 15) is 14.7 Å². The third-order valence-electron chi connectivity index (χ3n) is 4.44. The highest BCUT2D eigenvalue weighted by atomic mass is 16.3. The average Bonchev–Trinajstić information content (AvgIpc) is 3.29. The van der Waals surface area contributed by atoms with Crippen LogP contribution in [0.1, 0.15) is 31.7 Å². The molecule has 2 aliphatic rings. The Morgan fingerprint density at radius 2 is 1.95 bits per heavy atom. The standard InChI is InChI=1S/C16H20N2O3/c1-16(12-4-5-12)15(21)18(9-8-14(20)17-16)10-11-2-6-13(19)7-3-11/h2-3,6-7,12,19H,4-5,8-10H2,1H3,(H,17,20). The van der Waals surface area contributed by atoms with Crippen molar-refractivity contribution in [3.8, 4) is 5.75 Å². The quantitative estimate of drug-likeness (QED) is 0.883. The van der Waals surface area contributed by atoms with Crippen molar-refractivity contribution in [2.24, 2.45) is 5.92 Å². The molecule has 1 aliphatic carbocycles. The Morgan fingerprint density at radius 1 is 1.29 bits per heavy atom. The molecule has 2 N–H and O–H groups in total. The number of carbonyl (C=O) groups is 2. The van der Waals surface area contributed by atoms with Crippen LogP contribution in [0, 0.1) is 5.92 Å². The largest absolute Gasteiger partial charge is 0.508 e. The molecule has 3 rings (SSSR count). The van der Waals surface area contributed by atoms with E-state index in [2.05, 4.69) is 5.32 Å². The highest BCUT2D eigenvalue weighted by Gasteiger charge is 2.50. The van der Waals surface area contributed by atoms with Crippen LogP contribution in [0.25, 0.3) is 0 Å². The minimum atomic E-state index is -0.759. The molecule has 1 aliphatic heterocycles. The van der Waals surface area contributed by atoms with Crippen LogP contribution in [-0.2, 0) is 16.1 Å². The maximum absolute atomic E-state index is 12.8. The Bertz CT molecular complexity index is 565. The molecule has 1 atom stereocenters. The van der Waals surface area contributed by atoms with Gasteiger partial charge in [0.05, 0.1) is 0 Å². The molecule has 0 spiro atoms. The van der Waals surface area contributed by atoms with Gasteiger partial charge in [0.1, 0.15) is 11.3 Å². The smallest absolute Gasteiger partial charge is 0.248 e. The van der Waals surface area contributed by atoms with Crippen molar-refractivity contribution in [1.29, 1.82) is 0 Å². The number of amides is 2. The molecule has 1 aromatic carbocycles. The first-order valence-corrected chi connectivity index (χ1v) is 7.37. The predicted octanol–water partition coefficient (Wildman–Crippen LogP) is 1.41. The van der Waals surface area contributed by atoms with Crippen molar-refractivity contribution in [2.75, 3.05) is 6.54 Å². The summed E-state index contributed by atoms with van der Waals surface area (Å²) in [6.45, 7) is 2.75. The fourth-order valence-electron chi connectivity index (χ4n) is 2.98. The molecule has 2 amide bonds. The van der Waals surface area contributed by atoms with Crippen LogP contribution in [0.15, 0.2) is 24.3 Å². The van der Waals surface area contributed by atoms with Crippen LogP contribution in [0.2, 0.25) is 0 Å². The lowest BCUT2D eigenvalue weighted by Gasteiger charge is -2.32. The van der Waals surface area contributed by atoms with Crippen molar-refractivity contribution < 1.29 is 14.7 Å². The van der Waals surface area contributed by atoms with Crippen molar-refractivity contribution in [1.82, 2.24) is 10.2 Å². The summed E-state index contributed by atoms with van der Waals surface area (Å²) in [6.07, 6.45) is 2.33. The molecule has 112 valence electrons. The number of rotatable bonds is 3. The number of aromatic hydroxyl groups is 1. The Balaban J connectivity index is 1.81. The zero-order valence-corrected chi connectivity index (χ0v) is 12.1. The molecule has 1 heterocycles. The fraction of sp³-hybridized carbons (Fsp3) is 0.500. The molecule has 2 fully saturated rings. The summed E-state index contributed by atoms with van der Waals surface area (Å²) in [5.74, 6) is 0.421. The third kappa shape index (κ3) is 2.73. The van der Waals surface area contributed by atoms with Gasteiger partial charge in [0.2, 0.25) is 11.8 Å². The second kappa shape index (κ2) is 5.06. The summed E-state index contributed by atoms with van der Waals surface area (Å²) in [7, 11) is 0. The van der Waals surface area contributed by atoms with E-state index in [1.54, 1.807) is 29.2 Å². The van der Waals surface area contributed by atoms with E-state index in [1.807, 2.05) is 6.92 Å². The molecule has 21 heavy (non-hydrogen) atoms. The van der Waals surface area contributed by atoms with Crippen LogP contribution in [0.5, 0.6) is 5.75 Å². The first-order valence-electron chi connectivity index (χ1n) is 7.37. The Hall–Kier alpha value is -2.04. The van der Waals surface area contributed by atoms with E-state index in [4.69, 9.17) is 0 Å². The number of phenols is 1. The van der Waals surface area contributed by atoms with Crippen LogP contribution < -0.4 is 5.32 Å².